The van der Waals surface area contributed by atoms with Crippen LogP contribution in [0.3, 0.4) is 0 Å². The SMILES string of the molecule is CC(C)(C)OC(=O)CCc1c[nH]c2ccc(CC(=O)NC(c3ccccc3)c3cccc4cc[nH]c34)cc12.O=C(O)CCc1c[nH]c2ccc(CC(=O)NC(c3ccccc3)c3cccc4cc[nH]c34)cc12. The lowest BCUT2D eigenvalue weighted by molar-refractivity contribution is -0.154. The minimum Gasteiger partial charge on any atom is -0.481 e. The lowest BCUT2D eigenvalue weighted by Crippen LogP contribution is -2.30. The molecular weight excluding hydrogens is 901 g/mol. The number of aliphatic carboxylic acids is 1. The van der Waals surface area contributed by atoms with Crippen LogP contribution in [-0.2, 0) is 49.6 Å². The summed E-state index contributed by atoms with van der Waals surface area (Å²) in [7, 11) is 0. The fourth-order valence-electron chi connectivity index (χ4n) is 9.42. The number of fused-ring (bicyclic) bond motifs is 4. The van der Waals surface area contributed by atoms with Crippen molar-refractivity contribution in [2.75, 3.05) is 0 Å². The van der Waals surface area contributed by atoms with Crippen LogP contribution in [-0.4, -0.2) is 54.4 Å². The molecule has 2 amide bonds. The Bertz CT molecular complexity index is 3510. The van der Waals surface area contributed by atoms with Gasteiger partial charge in [-0.1, -0.05) is 109 Å². The van der Waals surface area contributed by atoms with Crippen molar-refractivity contribution in [3.63, 3.8) is 0 Å². The number of hydrogen-bond donors (Lipinski definition) is 7. The molecule has 364 valence electrons. The molecule has 12 nitrogen and oxygen atoms in total. The molecule has 6 aromatic carbocycles. The second-order valence-corrected chi connectivity index (χ2v) is 19.1. The molecule has 4 aromatic heterocycles. The van der Waals surface area contributed by atoms with Crippen LogP contribution in [0.1, 0.15) is 90.2 Å². The lowest BCUT2D eigenvalue weighted by atomic mass is 9.96. The average Bonchev–Trinajstić information content (AvgIpc) is 4.21. The van der Waals surface area contributed by atoms with E-state index in [0.29, 0.717) is 19.3 Å². The molecule has 0 saturated carbocycles. The first-order chi connectivity index (χ1) is 34.8. The Morgan fingerprint density at radius 1 is 0.542 bits per heavy atom. The predicted molar refractivity (Wildman–Crippen MR) is 284 cm³/mol. The maximum atomic E-state index is 13.4. The van der Waals surface area contributed by atoms with E-state index in [1.165, 1.54) is 0 Å². The van der Waals surface area contributed by atoms with Crippen LogP contribution in [0, 0.1) is 0 Å². The molecule has 0 bridgehead atoms. The summed E-state index contributed by atoms with van der Waals surface area (Å²) in [5, 5.41) is 19.7. The summed E-state index contributed by atoms with van der Waals surface area (Å²) in [5.74, 6) is -1.19. The van der Waals surface area contributed by atoms with Crippen molar-refractivity contribution >= 4 is 67.4 Å². The third-order valence-corrected chi connectivity index (χ3v) is 12.8. The maximum absolute atomic E-state index is 13.4. The van der Waals surface area contributed by atoms with Gasteiger partial charge < -0.3 is 40.4 Å². The highest BCUT2D eigenvalue weighted by molar-refractivity contribution is 5.90. The van der Waals surface area contributed by atoms with Gasteiger partial charge in [-0.15, -0.1) is 0 Å². The zero-order valence-corrected chi connectivity index (χ0v) is 40.6. The highest BCUT2D eigenvalue weighted by Gasteiger charge is 2.23. The molecule has 2 atom stereocenters. The number of hydrogen-bond acceptors (Lipinski definition) is 5. The van der Waals surface area contributed by atoms with Crippen molar-refractivity contribution in [2.45, 2.75) is 77.0 Å². The molecule has 12 heteroatoms. The zero-order valence-electron chi connectivity index (χ0n) is 40.6. The largest absolute Gasteiger partial charge is 0.481 e. The van der Waals surface area contributed by atoms with E-state index in [1.54, 1.807) is 0 Å². The van der Waals surface area contributed by atoms with E-state index < -0.39 is 11.6 Å². The number of amides is 2. The van der Waals surface area contributed by atoms with Gasteiger partial charge in [0.05, 0.1) is 36.0 Å². The number of aryl methyl sites for hydroxylation is 2. The summed E-state index contributed by atoms with van der Waals surface area (Å²) < 4.78 is 5.45. The van der Waals surface area contributed by atoms with Crippen LogP contribution in [0.25, 0.3) is 43.6 Å². The first kappa shape index (κ1) is 48.4. The monoisotopic (exact) mass is 958 g/mol. The van der Waals surface area contributed by atoms with Gasteiger partial charge >= 0.3 is 11.9 Å². The third kappa shape index (κ3) is 11.7. The molecule has 0 saturated heterocycles. The number of nitrogens with one attached hydrogen (secondary N) is 6. The minimum atomic E-state index is -0.825. The van der Waals surface area contributed by atoms with E-state index in [-0.39, 0.29) is 49.1 Å². The summed E-state index contributed by atoms with van der Waals surface area (Å²) in [6.07, 6.45) is 9.47. The third-order valence-electron chi connectivity index (χ3n) is 12.8. The normalized spacial score (nSPS) is 12.3. The van der Waals surface area contributed by atoms with Crippen LogP contribution in [0.15, 0.2) is 170 Å². The Balaban J connectivity index is 0.000000179. The topological polar surface area (TPSA) is 185 Å². The summed E-state index contributed by atoms with van der Waals surface area (Å²) in [4.78, 5) is 62.9. The number of esters is 1. The van der Waals surface area contributed by atoms with Crippen LogP contribution in [0.2, 0.25) is 0 Å². The fraction of sp³-hybridized carbons (Fsp3) is 0.200. The van der Waals surface area contributed by atoms with Gasteiger partial charge in [0, 0.05) is 70.6 Å². The second-order valence-electron chi connectivity index (χ2n) is 19.1. The van der Waals surface area contributed by atoms with Crippen LogP contribution in [0.5, 0.6) is 0 Å². The number of para-hydroxylation sites is 2. The molecule has 0 fully saturated rings. The molecule has 0 aliphatic rings. The lowest BCUT2D eigenvalue weighted by Gasteiger charge is -2.21. The Labute approximate surface area is 417 Å². The van der Waals surface area contributed by atoms with Gasteiger partial charge in [0.1, 0.15) is 5.60 Å². The number of benzene rings is 6. The summed E-state index contributed by atoms with van der Waals surface area (Å²) in [6.45, 7) is 5.61. The molecule has 10 rings (SSSR count). The fourth-order valence-corrected chi connectivity index (χ4v) is 9.42. The number of H-pyrrole nitrogens is 4. The molecule has 72 heavy (non-hydrogen) atoms. The van der Waals surface area contributed by atoms with E-state index in [4.69, 9.17) is 9.84 Å². The number of carbonyl (C=O) groups is 4. The first-order valence-corrected chi connectivity index (χ1v) is 24.3. The molecule has 7 N–H and O–H groups in total. The number of carboxylic acids is 1. The Kier molecular flexibility index (Phi) is 14.5. The van der Waals surface area contributed by atoms with Crippen LogP contribution >= 0.6 is 0 Å². The summed E-state index contributed by atoms with van der Waals surface area (Å²) >= 11 is 0. The van der Waals surface area contributed by atoms with E-state index in [9.17, 15) is 19.2 Å². The highest BCUT2D eigenvalue weighted by atomic mass is 16.6. The molecule has 0 spiro atoms. The highest BCUT2D eigenvalue weighted by Crippen LogP contribution is 2.31. The van der Waals surface area contributed by atoms with Crippen molar-refractivity contribution < 1.29 is 29.0 Å². The quantitative estimate of drug-likeness (QED) is 0.0473. The Hall–Kier alpha value is -8.64. The predicted octanol–water partition coefficient (Wildman–Crippen LogP) is 11.5. The van der Waals surface area contributed by atoms with Gasteiger partial charge in [-0.2, -0.15) is 0 Å². The summed E-state index contributed by atoms with van der Waals surface area (Å²) in [5.41, 5.74) is 11.3. The van der Waals surface area contributed by atoms with Crippen molar-refractivity contribution in [2.24, 2.45) is 0 Å². The van der Waals surface area contributed by atoms with Crippen LogP contribution in [0.4, 0.5) is 0 Å². The molecule has 0 radical (unpaired) electrons. The molecule has 10 aromatic rings. The standard InChI is InChI=1S/C32H33N3O3.C28H25N3O3/c1-32(2,3)38-29(37)15-13-24-20-34-27-14-12-21(18-26(24)27)19-28(36)35-31(22-8-5-4-6-9-22)25-11-7-10-23-16-17-33-30(23)25;32-25(16-18-9-11-24-23(15-18)21(17-30-24)10-12-26(33)34)31-28(19-5-2-1-3-6-19)22-8-4-7-20-13-14-29-27(20)22/h4-12,14,16-18,20,31,33-34H,13,15,19H2,1-3H3,(H,35,36);1-9,11,13-15,17,28-30H,10,12,16H2,(H,31,32)(H,33,34). The van der Waals surface area contributed by atoms with Crippen molar-refractivity contribution in [1.29, 1.82) is 0 Å². The number of rotatable bonds is 16. The van der Waals surface area contributed by atoms with E-state index in [0.717, 1.165) is 88.1 Å². The minimum absolute atomic E-state index is 0.0624. The number of carboxylic acid groups (broad SMARTS) is 1. The van der Waals surface area contributed by atoms with Gasteiger partial charge in [0.2, 0.25) is 11.8 Å². The number of aromatic amines is 4. The summed E-state index contributed by atoms with van der Waals surface area (Å²) in [6, 6.07) is 47.5. The van der Waals surface area contributed by atoms with Crippen molar-refractivity contribution in [3.05, 3.63) is 215 Å². The van der Waals surface area contributed by atoms with Gasteiger partial charge in [-0.25, -0.2) is 0 Å². The van der Waals surface area contributed by atoms with E-state index >= 15 is 0 Å². The average molecular weight is 959 g/mol. The number of aromatic nitrogens is 4. The maximum Gasteiger partial charge on any atom is 0.306 e. The number of carbonyl (C=O) groups excluding carboxylic acids is 3. The number of ether oxygens (including phenoxy) is 1. The van der Waals surface area contributed by atoms with Crippen molar-refractivity contribution in [3.8, 4) is 0 Å². The molecule has 4 heterocycles. The van der Waals surface area contributed by atoms with Gasteiger partial charge in [0.15, 0.2) is 0 Å². The van der Waals surface area contributed by atoms with E-state index in [2.05, 4.69) is 42.7 Å². The Morgan fingerprint density at radius 2 is 1.00 bits per heavy atom. The first-order valence-electron chi connectivity index (χ1n) is 24.3. The Morgan fingerprint density at radius 3 is 1.44 bits per heavy atom. The van der Waals surface area contributed by atoms with E-state index in [1.807, 2.05) is 179 Å². The van der Waals surface area contributed by atoms with Crippen LogP contribution < -0.4 is 10.6 Å². The van der Waals surface area contributed by atoms with Gasteiger partial charge in [0.25, 0.3) is 0 Å². The van der Waals surface area contributed by atoms with Gasteiger partial charge in [-0.3, -0.25) is 19.2 Å². The molecule has 0 aliphatic carbocycles. The molecule has 0 aliphatic heterocycles. The zero-order chi connectivity index (χ0) is 50.2. The molecule has 2 unspecified atom stereocenters. The van der Waals surface area contributed by atoms with Crippen molar-refractivity contribution in [1.82, 2.24) is 30.6 Å². The smallest absolute Gasteiger partial charge is 0.306 e. The molecular formula is C60H58N6O6. The second kappa shape index (κ2) is 21.6. The van der Waals surface area contributed by atoms with Gasteiger partial charge in [-0.05, 0) is 114 Å².